The van der Waals surface area contributed by atoms with E-state index in [2.05, 4.69) is 39.6 Å². The van der Waals surface area contributed by atoms with E-state index in [0.29, 0.717) is 12.5 Å². The van der Waals surface area contributed by atoms with Crippen LogP contribution < -0.4 is 5.56 Å². The highest BCUT2D eigenvalue weighted by molar-refractivity contribution is 5.75. The number of fused-ring (bicyclic) bond motifs is 2. The predicted molar refractivity (Wildman–Crippen MR) is 100 cm³/mol. The van der Waals surface area contributed by atoms with Crippen LogP contribution in [0.5, 0.6) is 0 Å². The summed E-state index contributed by atoms with van der Waals surface area (Å²) in [4.78, 5) is 27.4. The molecule has 0 radical (unpaired) electrons. The van der Waals surface area contributed by atoms with E-state index in [1.165, 1.54) is 5.52 Å². The van der Waals surface area contributed by atoms with Gasteiger partial charge in [-0.05, 0) is 31.9 Å². The van der Waals surface area contributed by atoms with Crippen molar-refractivity contribution in [2.75, 3.05) is 6.54 Å². The number of aromatic amines is 1. The lowest BCUT2D eigenvalue weighted by Gasteiger charge is -2.27. The Bertz CT molecular complexity index is 1030. The van der Waals surface area contributed by atoms with Gasteiger partial charge >= 0.3 is 0 Å². The number of nitrogens with one attached hydrogen (secondary N) is 1. The highest BCUT2D eigenvalue weighted by Gasteiger charge is 2.29. The van der Waals surface area contributed by atoms with E-state index < -0.39 is 0 Å². The van der Waals surface area contributed by atoms with Gasteiger partial charge in [0.1, 0.15) is 11.6 Å². The Morgan fingerprint density at radius 2 is 2.08 bits per heavy atom. The average Bonchev–Trinajstić information content (AvgIpc) is 3.44. The molecule has 1 aliphatic carbocycles. The number of rotatable bonds is 4. The molecular weight excluding hydrogens is 326 g/mol. The van der Waals surface area contributed by atoms with Crippen LogP contribution in [0, 0.1) is 0 Å². The Labute approximate surface area is 151 Å². The quantitative estimate of drug-likeness (QED) is 0.786. The molecule has 26 heavy (non-hydrogen) atoms. The molecule has 3 aromatic rings. The summed E-state index contributed by atoms with van der Waals surface area (Å²) in [6.07, 6.45) is 3.15. The number of hydrogen-bond donors (Lipinski definition) is 1. The lowest BCUT2D eigenvalue weighted by molar-refractivity contribution is 0.233. The van der Waals surface area contributed by atoms with Crippen molar-refractivity contribution in [2.45, 2.75) is 51.7 Å². The predicted octanol–water partition coefficient (Wildman–Crippen LogP) is 2.58. The van der Waals surface area contributed by atoms with E-state index in [1.807, 2.05) is 6.07 Å². The normalized spacial score (nSPS) is 17.6. The summed E-state index contributed by atoms with van der Waals surface area (Å²) in [5.74, 6) is 2.45. The van der Waals surface area contributed by atoms with Crippen molar-refractivity contribution in [3.05, 3.63) is 57.5 Å². The fraction of sp³-hybridized carbons (Fsp3) is 0.450. The summed E-state index contributed by atoms with van der Waals surface area (Å²) < 4.78 is 2.27. The van der Waals surface area contributed by atoms with Crippen LogP contribution in [0.3, 0.4) is 0 Å². The van der Waals surface area contributed by atoms with Gasteiger partial charge in [-0.15, -0.1) is 0 Å². The summed E-state index contributed by atoms with van der Waals surface area (Å²) in [6.45, 7) is 5.37. The first-order valence-corrected chi connectivity index (χ1v) is 9.51. The number of para-hydroxylation sites is 2. The minimum Gasteiger partial charge on any atom is -0.327 e. The van der Waals surface area contributed by atoms with Gasteiger partial charge in [-0.25, -0.2) is 9.97 Å². The molecule has 1 saturated carbocycles. The van der Waals surface area contributed by atoms with Gasteiger partial charge in [-0.2, -0.15) is 0 Å². The SMILES string of the molecule is CCn1c(CN2CCc3nc(C4CC4)[nH]c(=O)c3C2)nc2ccccc21. The largest absolute Gasteiger partial charge is 0.327 e. The maximum atomic E-state index is 12.5. The summed E-state index contributed by atoms with van der Waals surface area (Å²) in [5.41, 5.74) is 4.09. The minimum atomic E-state index is 0.0468. The second-order valence-corrected chi connectivity index (χ2v) is 7.37. The molecular formula is C20H23N5O. The van der Waals surface area contributed by atoms with Crippen molar-refractivity contribution in [1.82, 2.24) is 24.4 Å². The van der Waals surface area contributed by atoms with Crippen molar-refractivity contribution >= 4 is 11.0 Å². The zero-order chi connectivity index (χ0) is 17.7. The molecule has 1 aliphatic heterocycles. The maximum Gasteiger partial charge on any atom is 0.255 e. The summed E-state index contributed by atoms with van der Waals surface area (Å²) in [6, 6.07) is 8.26. The van der Waals surface area contributed by atoms with E-state index in [9.17, 15) is 4.79 Å². The van der Waals surface area contributed by atoms with E-state index in [1.54, 1.807) is 0 Å². The Kier molecular flexibility index (Phi) is 3.67. The highest BCUT2D eigenvalue weighted by Crippen LogP contribution is 2.37. The van der Waals surface area contributed by atoms with Crippen LogP contribution in [0.4, 0.5) is 0 Å². The van der Waals surface area contributed by atoms with E-state index in [4.69, 9.17) is 9.97 Å². The monoisotopic (exact) mass is 349 g/mol. The smallest absolute Gasteiger partial charge is 0.255 e. The molecule has 6 nitrogen and oxygen atoms in total. The van der Waals surface area contributed by atoms with Crippen LogP contribution in [0.25, 0.3) is 11.0 Å². The molecule has 6 heteroatoms. The zero-order valence-electron chi connectivity index (χ0n) is 15.0. The number of H-pyrrole nitrogens is 1. The molecule has 0 bridgehead atoms. The molecule has 134 valence electrons. The van der Waals surface area contributed by atoms with Gasteiger partial charge in [0.2, 0.25) is 0 Å². The van der Waals surface area contributed by atoms with Crippen LogP contribution >= 0.6 is 0 Å². The summed E-state index contributed by atoms with van der Waals surface area (Å²) >= 11 is 0. The first kappa shape index (κ1) is 15.8. The van der Waals surface area contributed by atoms with Crippen molar-refractivity contribution in [3.63, 3.8) is 0 Å². The molecule has 0 amide bonds. The third-order valence-electron chi connectivity index (χ3n) is 5.54. The minimum absolute atomic E-state index is 0.0468. The fourth-order valence-corrected chi connectivity index (χ4v) is 3.98. The lowest BCUT2D eigenvalue weighted by atomic mass is 10.1. The molecule has 1 fully saturated rings. The zero-order valence-corrected chi connectivity index (χ0v) is 15.0. The topological polar surface area (TPSA) is 66.8 Å². The molecule has 1 aromatic carbocycles. The second-order valence-electron chi connectivity index (χ2n) is 7.37. The highest BCUT2D eigenvalue weighted by atomic mass is 16.1. The third kappa shape index (κ3) is 2.65. The van der Waals surface area contributed by atoms with Crippen LogP contribution in [0.15, 0.2) is 29.1 Å². The Morgan fingerprint density at radius 3 is 2.88 bits per heavy atom. The van der Waals surface area contributed by atoms with Gasteiger partial charge < -0.3 is 9.55 Å². The van der Waals surface area contributed by atoms with Crippen LogP contribution in [0.2, 0.25) is 0 Å². The number of imidazole rings is 1. The first-order valence-electron chi connectivity index (χ1n) is 9.51. The maximum absolute atomic E-state index is 12.5. The Morgan fingerprint density at radius 1 is 1.23 bits per heavy atom. The number of aromatic nitrogens is 4. The van der Waals surface area contributed by atoms with Crippen LogP contribution in [-0.2, 0) is 26.1 Å². The average molecular weight is 349 g/mol. The van der Waals surface area contributed by atoms with Gasteiger partial charge in [0.25, 0.3) is 5.56 Å². The van der Waals surface area contributed by atoms with Crippen LogP contribution in [0.1, 0.15) is 48.6 Å². The molecule has 2 aromatic heterocycles. The molecule has 0 spiro atoms. The molecule has 0 saturated heterocycles. The number of hydrogen-bond acceptors (Lipinski definition) is 4. The number of aryl methyl sites for hydroxylation is 1. The van der Waals surface area contributed by atoms with Gasteiger partial charge in [0.15, 0.2) is 0 Å². The first-order chi connectivity index (χ1) is 12.7. The Hall–Kier alpha value is -2.47. The molecule has 3 heterocycles. The van der Waals surface area contributed by atoms with Crippen molar-refractivity contribution in [3.8, 4) is 0 Å². The molecule has 0 unspecified atom stereocenters. The van der Waals surface area contributed by atoms with Gasteiger partial charge in [-0.1, -0.05) is 12.1 Å². The van der Waals surface area contributed by atoms with Crippen molar-refractivity contribution < 1.29 is 0 Å². The number of benzene rings is 1. The van der Waals surface area contributed by atoms with Gasteiger partial charge in [0, 0.05) is 32.0 Å². The molecule has 2 aliphatic rings. The van der Waals surface area contributed by atoms with E-state index >= 15 is 0 Å². The van der Waals surface area contributed by atoms with Crippen LogP contribution in [-0.4, -0.2) is 31.0 Å². The van der Waals surface area contributed by atoms with E-state index in [-0.39, 0.29) is 5.56 Å². The summed E-state index contributed by atoms with van der Waals surface area (Å²) in [5, 5.41) is 0. The molecule has 0 atom stereocenters. The standard InChI is InChI=1S/C20H23N5O/c1-2-25-17-6-4-3-5-16(17)21-18(25)12-24-10-9-15-14(11-24)20(26)23-19(22-15)13-7-8-13/h3-6,13H,2,7-12H2,1H3,(H,22,23,26). The third-order valence-corrected chi connectivity index (χ3v) is 5.54. The number of nitrogens with zero attached hydrogens (tertiary/aromatic N) is 4. The fourth-order valence-electron chi connectivity index (χ4n) is 3.98. The Balaban J connectivity index is 1.42. The molecule has 5 rings (SSSR count). The van der Waals surface area contributed by atoms with E-state index in [0.717, 1.165) is 67.3 Å². The lowest BCUT2D eigenvalue weighted by Crippen LogP contribution is -2.36. The molecule has 1 N–H and O–H groups in total. The second kappa shape index (κ2) is 6.06. The van der Waals surface area contributed by atoms with Gasteiger partial charge in [0.05, 0.1) is 28.8 Å². The van der Waals surface area contributed by atoms with Crippen molar-refractivity contribution in [1.29, 1.82) is 0 Å². The van der Waals surface area contributed by atoms with Crippen molar-refractivity contribution in [2.24, 2.45) is 0 Å². The summed E-state index contributed by atoms with van der Waals surface area (Å²) in [7, 11) is 0. The van der Waals surface area contributed by atoms with Gasteiger partial charge in [-0.3, -0.25) is 9.69 Å².